The molecule has 1 aliphatic heterocycles. The maximum atomic E-state index is 13.7. The summed E-state index contributed by atoms with van der Waals surface area (Å²) in [5.41, 5.74) is 1.26. The predicted molar refractivity (Wildman–Crippen MR) is 99.7 cm³/mol. The largest absolute Gasteiger partial charge is 0.388 e. The van der Waals surface area contributed by atoms with Crippen LogP contribution >= 0.6 is 0 Å². The molecule has 27 heavy (non-hydrogen) atoms. The van der Waals surface area contributed by atoms with Gasteiger partial charge in [-0.25, -0.2) is 4.39 Å². The minimum atomic E-state index is -0.649. The number of methoxy groups -OCH3 is 1. The second-order valence-electron chi connectivity index (χ2n) is 8.29. The van der Waals surface area contributed by atoms with Crippen molar-refractivity contribution in [2.75, 3.05) is 33.4 Å². The zero-order valence-corrected chi connectivity index (χ0v) is 15.9. The molecule has 4 rings (SSSR count). The Hall–Kier alpha value is -1.50. The molecule has 1 unspecified atom stereocenters. The number of amides is 1. The summed E-state index contributed by atoms with van der Waals surface area (Å²) < 4.78 is 19.1. The van der Waals surface area contributed by atoms with Gasteiger partial charge in [0.1, 0.15) is 5.82 Å². The van der Waals surface area contributed by atoms with Crippen molar-refractivity contribution in [3.8, 4) is 0 Å². The summed E-state index contributed by atoms with van der Waals surface area (Å²) >= 11 is 0. The molecule has 5 nitrogen and oxygen atoms in total. The second kappa shape index (κ2) is 7.49. The maximum absolute atomic E-state index is 13.7. The standard InChI is InChI=1S/C21H29FN2O3/c1-27-12-19-18-10-17(22)7-2-14(18)8-9-24(19)20(25)11-23-13-21(26,15-3-4-15)16-5-6-16/h2,7,10,15-16,19,23,26H,3-6,8-9,11-13H2,1H3. The van der Waals surface area contributed by atoms with E-state index in [2.05, 4.69) is 5.32 Å². The number of ether oxygens (including phenoxy) is 1. The molecule has 3 aliphatic rings. The molecule has 2 aliphatic carbocycles. The molecule has 148 valence electrons. The Kier molecular flexibility index (Phi) is 5.23. The number of benzene rings is 1. The summed E-state index contributed by atoms with van der Waals surface area (Å²) in [5.74, 6) is 0.458. The number of nitrogens with zero attached hydrogens (tertiary/aromatic N) is 1. The third-order valence-corrected chi connectivity index (χ3v) is 6.36. The monoisotopic (exact) mass is 376 g/mol. The fraction of sp³-hybridized carbons (Fsp3) is 0.667. The van der Waals surface area contributed by atoms with Gasteiger partial charge < -0.3 is 20.1 Å². The van der Waals surface area contributed by atoms with E-state index in [4.69, 9.17) is 4.74 Å². The van der Waals surface area contributed by atoms with E-state index >= 15 is 0 Å². The summed E-state index contributed by atoms with van der Waals surface area (Å²) in [6, 6.07) is 4.52. The van der Waals surface area contributed by atoms with Gasteiger partial charge in [0.15, 0.2) is 0 Å². The van der Waals surface area contributed by atoms with Crippen molar-refractivity contribution in [3.63, 3.8) is 0 Å². The first-order valence-corrected chi connectivity index (χ1v) is 10.0. The highest BCUT2D eigenvalue weighted by molar-refractivity contribution is 5.79. The molecule has 2 fully saturated rings. The molecular formula is C21H29FN2O3. The van der Waals surface area contributed by atoms with Crippen LogP contribution in [0.2, 0.25) is 0 Å². The smallest absolute Gasteiger partial charge is 0.237 e. The van der Waals surface area contributed by atoms with Crippen LogP contribution in [0.3, 0.4) is 0 Å². The van der Waals surface area contributed by atoms with Crippen molar-refractivity contribution in [3.05, 3.63) is 35.1 Å². The highest BCUT2D eigenvalue weighted by Gasteiger charge is 2.52. The third kappa shape index (κ3) is 3.89. The Bertz CT molecular complexity index is 691. The van der Waals surface area contributed by atoms with E-state index in [1.807, 2.05) is 0 Å². The van der Waals surface area contributed by atoms with Crippen LogP contribution in [-0.4, -0.2) is 54.9 Å². The molecule has 1 atom stereocenters. The van der Waals surface area contributed by atoms with Crippen molar-refractivity contribution >= 4 is 5.91 Å². The van der Waals surface area contributed by atoms with Crippen LogP contribution < -0.4 is 5.32 Å². The molecule has 0 spiro atoms. The van der Waals surface area contributed by atoms with E-state index in [1.165, 1.54) is 12.1 Å². The number of hydrogen-bond acceptors (Lipinski definition) is 4. The zero-order valence-electron chi connectivity index (χ0n) is 15.9. The van der Waals surface area contributed by atoms with Crippen LogP contribution in [0, 0.1) is 17.7 Å². The van der Waals surface area contributed by atoms with Crippen molar-refractivity contribution in [1.29, 1.82) is 0 Å². The SMILES string of the molecule is COCC1c2cc(F)ccc2CCN1C(=O)CNCC(O)(C1CC1)C1CC1. The van der Waals surface area contributed by atoms with Crippen LogP contribution in [0.25, 0.3) is 0 Å². The normalized spacial score (nSPS) is 22.6. The second-order valence-corrected chi connectivity index (χ2v) is 8.29. The Morgan fingerprint density at radius 1 is 1.33 bits per heavy atom. The number of rotatable bonds is 8. The van der Waals surface area contributed by atoms with E-state index in [0.717, 1.165) is 43.2 Å². The molecule has 0 bridgehead atoms. The lowest BCUT2D eigenvalue weighted by molar-refractivity contribution is -0.134. The van der Waals surface area contributed by atoms with Gasteiger partial charge in [-0.15, -0.1) is 0 Å². The zero-order chi connectivity index (χ0) is 19.0. The Morgan fingerprint density at radius 2 is 2.04 bits per heavy atom. The van der Waals surface area contributed by atoms with Crippen molar-refractivity contribution in [1.82, 2.24) is 10.2 Å². The molecule has 0 aromatic heterocycles. The predicted octanol–water partition coefficient (Wildman–Crippen LogP) is 2.04. The minimum Gasteiger partial charge on any atom is -0.388 e. The average Bonchev–Trinajstić information content (AvgIpc) is 3.54. The molecule has 2 saturated carbocycles. The maximum Gasteiger partial charge on any atom is 0.237 e. The lowest BCUT2D eigenvalue weighted by Gasteiger charge is -2.37. The summed E-state index contributed by atoms with van der Waals surface area (Å²) in [6.45, 7) is 1.60. The number of hydrogen-bond donors (Lipinski definition) is 2. The molecule has 1 heterocycles. The molecular weight excluding hydrogens is 347 g/mol. The van der Waals surface area contributed by atoms with Crippen LogP contribution in [0.1, 0.15) is 42.9 Å². The minimum absolute atomic E-state index is 0.0269. The van der Waals surface area contributed by atoms with Crippen LogP contribution in [0.4, 0.5) is 4.39 Å². The topological polar surface area (TPSA) is 61.8 Å². The van der Waals surface area contributed by atoms with E-state index in [0.29, 0.717) is 31.5 Å². The first-order chi connectivity index (χ1) is 13.0. The summed E-state index contributed by atoms with van der Waals surface area (Å²) in [7, 11) is 1.60. The average molecular weight is 376 g/mol. The number of carbonyl (C=O) groups excluding carboxylic acids is 1. The Labute approximate surface area is 159 Å². The molecule has 0 saturated heterocycles. The Balaban J connectivity index is 1.40. The summed E-state index contributed by atoms with van der Waals surface area (Å²) in [6.07, 6.45) is 5.08. The van der Waals surface area contributed by atoms with Crippen LogP contribution in [0.5, 0.6) is 0 Å². The number of nitrogens with one attached hydrogen (secondary N) is 1. The van der Waals surface area contributed by atoms with Gasteiger partial charge in [0.2, 0.25) is 5.91 Å². The van der Waals surface area contributed by atoms with Crippen molar-refractivity contribution in [2.24, 2.45) is 11.8 Å². The summed E-state index contributed by atoms with van der Waals surface area (Å²) in [4.78, 5) is 14.7. The lowest BCUT2D eigenvalue weighted by Crippen LogP contribution is -2.50. The number of fused-ring (bicyclic) bond motifs is 1. The van der Waals surface area contributed by atoms with E-state index in [-0.39, 0.29) is 24.3 Å². The highest BCUT2D eigenvalue weighted by Crippen LogP contribution is 2.51. The van der Waals surface area contributed by atoms with Gasteiger partial charge >= 0.3 is 0 Å². The van der Waals surface area contributed by atoms with Gasteiger partial charge in [-0.3, -0.25) is 4.79 Å². The first-order valence-electron chi connectivity index (χ1n) is 10.0. The van der Waals surface area contributed by atoms with Gasteiger partial charge in [0, 0.05) is 20.2 Å². The van der Waals surface area contributed by atoms with E-state index in [9.17, 15) is 14.3 Å². The van der Waals surface area contributed by atoms with Gasteiger partial charge in [0.05, 0.1) is 24.8 Å². The molecule has 1 aromatic carbocycles. The van der Waals surface area contributed by atoms with Gasteiger partial charge in [0.25, 0.3) is 0 Å². The van der Waals surface area contributed by atoms with Crippen molar-refractivity contribution in [2.45, 2.75) is 43.7 Å². The number of halogens is 1. The van der Waals surface area contributed by atoms with Crippen LogP contribution in [-0.2, 0) is 16.0 Å². The molecule has 1 aromatic rings. The van der Waals surface area contributed by atoms with Gasteiger partial charge in [-0.1, -0.05) is 6.07 Å². The quantitative estimate of drug-likeness (QED) is 0.729. The van der Waals surface area contributed by atoms with Crippen molar-refractivity contribution < 1.29 is 19.0 Å². The van der Waals surface area contributed by atoms with E-state index in [1.54, 1.807) is 18.1 Å². The number of carbonyl (C=O) groups is 1. The third-order valence-electron chi connectivity index (χ3n) is 6.36. The lowest BCUT2D eigenvalue weighted by atomic mass is 9.91. The first kappa shape index (κ1) is 18.8. The molecule has 2 N–H and O–H groups in total. The fourth-order valence-electron chi connectivity index (χ4n) is 4.56. The molecule has 6 heteroatoms. The van der Waals surface area contributed by atoms with Gasteiger partial charge in [-0.2, -0.15) is 0 Å². The number of aliphatic hydroxyl groups is 1. The highest BCUT2D eigenvalue weighted by atomic mass is 19.1. The van der Waals surface area contributed by atoms with E-state index < -0.39 is 5.60 Å². The Morgan fingerprint density at radius 3 is 2.67 bits per heavy atom. The molecule has 0 radical (unpaired) electrons. The van der Waals surface area contributed by atoms with Gasteiger partial charge in [-0.05, 0) is 67.2 Å². The fourth-order valence-corrected chi connectivity index (χ4v) is 4.56. The summed E-state index contributed by atoms with van der Waals surface area (Å²) in [5, 5.41) is 14.2. The molecule has 1 amide bonds. The van der Waals surface area contributed by atoms with Crippen LogP contribution in [0.15, 0.2) is 18.2 Å².